The highest BCUT2D eigenvalue weighted by Crippen LogP contribution is 2.25. The zero-order valence-electron chi connectivity index (χ0n) is 15.8. The molecule has 8 heteroatoms. The molecule has 4 rings (SSSR count). The van der Waals surface area contributed by atoms with Crippen molar-refractivity contribution in [1.82, 2.24) is 19.7 Å². The van der Waals surface area contributed by atoms with E-state index in [4.69, 9.17) is 16.3 Å². The molecule has 1 aliphatic heterocycles. The molecule has 2 aromatic carbocycles. The van der Waals surface area contributed by atoms with Gasteiger partial charge in [-0.15, -0.1) is 10.2 Å². The normalized spacial score (nSPS) is 13.7. The van der Waals surface area contributed by atoms with Crippen molar-refractivity contribution < 1.29 is 9.53 Å². The van der Waals surface area contributed by atoms with Gasteiger partial charge in [-0.1, -0.05) is 53.7 Å². The summed E-state index contributed by atoms with van der Waals surface area (Å²) in [6, 6.07) is 17.9. The molecule has 1 saturated heterocycles. The Labute approximate surface area is 178 Å². The van der Waals surface area contributed by atoms with Crippen LogP contribution in [0.15, 0.2) is 59.8 Å². The van der Waals surface area contributed by atoms with Gasteiger partial charge in [-0.3, -0.25) is 4.57 Å². The molecule has 0 saturated carbocycles. The highest BCUT2D eigenvalue weighted by molar-refractivity contribution is 7.99. The van der Waals surface area contributed by atoms with E-state index in [1.807, 2.05) is 42.5 Å². The van der Waals surface area contributed by atoms with Crippen molar-refractivity contribution in [2.75, 3.05) is 25.4 Å². The average molecular weight is 429 g/mol. The first kappa shape index (κ1) is 19.8. The number of rotatable bonds is 8. The van der Waals surface area contributed by atoms with Gasteiger partial charge in [0.15, 0.2) is 5.16 Å². The number of benzene rings is 2. The third-order valence-electron chi connectivity index (χ3n) is 4.64. The Balaban J connectivity index is 1.50. The van der Waals surface area contributed by atoms with Crippen molar-refractivity contribution in [2.24, 2.45) is 0 Å². The zero-order chi connectivity index (χ0) is 20.1. The van der Waals surface area contributed by atoms with Crippen LogP contribution in [0.4, 0.5) is 4.79 Å². The predicted octanol–water partition coefficient (Wildman–Crippen LogP) is 4.45. The van der Waals surface area contributed by atoms with Gasteiger partial charge in [-0.05, 0) is 36.2 Å². The van der Waals surface area contributed by atoms with Crippen LogP contribution in [-0.2, 0) is 11.2 Å². The number of carbonyl (C=O) groups is 1. The molecule has 1 fully saturated rings. The number of ether oxygens (including phenoxy) is 1. The van der Waals surface area contributed by atoms with Crippen molar-refractivity contribution in [3.63, 3.8) is 0 Å². The minimum Gasteiger partial charge on any atom is -0.448 e. The fourth-order valence-corrected chi connectivity index (χ4v) is 4.20. The molecule has 29 heavy (non-hydrogen) atoms. The molecule has 6 nitrogen and oxygen atoms in total. The molecule has 1 aromatic heterocycles. The number of hydrogen-bond donors (Lipinski definition) is 0. The number of halogens is 1. The van der Waals surface area contributed by atoms with Crippen LogP contribution >= 0.6 is 23.4 Å². The van der Waals surface area contributed by atoms with Crippen LogP contribution in [-0.4, -0.2) is 51.2 Å². The third kappa shape index (κ3) is 4.92. The molecule has 0 spiro atoms. The van der Waals surface area contributed by atoms with E-state index in [-0.39, 0.29) is 6.09 Å². The summed E-state index contributed by atoms with van der Waals surface area (Å²) in [5, 5.41) is 10.4. The standard InChI is InChI=1S/C21H21ClN4O2S/c22-17-7-9-18(10-8-17)26-19(15-16-5-2-1-3-6-16)23-24-20(26)29-14-4-11-25-12-13-28-21(25)27/h1-3,5-10H,4,11-15H2. The molecule has 3 aromatic rings. The first-order valence-electron chi connectivity index (χ1n) is 9.49. The number of hydrogen-bond acceptors (Lipinski definition) is 5. The maximum absolute atomic E-state index is 11.5. The largest absolute Gasteiger partial charge is 0.448 e. The molecule has 2 heterocycles. The fourth-order valence-electron chi connectivity index (χ4n) is 3.18. The van der Waals surface area contributed by atoms with Crippen molar-refractivity contribution >= 4 is 29.5 Å². The van der Waals surface area contributed by atoms with Crippen LogP contribution in [0, 0.1) is 0 Å². The van der Waals surface area contributed by atoms with E-state index in [1.165, 1.54) is 5.56 Å². The lowest BCUT2D eigenvalue weighted by atomic mass is 10.1. The van der Waals surface area contributed by atoms with Gasteiger partial charge in [0.05, 0.1) is 6.54 Å². The minimum absolute atomic E-state index is 0.218. The topological polar surface area (TPSA) is 60.2 Å². The second kappa shape index (κ2) is 9.33. The smallest absolute Gasteiger partial charge is 0.409 e. The highest BCUT2D eigenvalue weighted by atomic mass is 35.5. The van der Waals surface area contributed by atoms with E-state index in [0.29, 0.717) is 31.1 Å². The molecule has 0 aliphatic carbocycles. The monoisotopic (exact) mass is 428 g/mol. The summed E-state index contributed by atoms with van der Waals surface area (Å²) in [7, 11) is 0. The molecule has 0 N–H and O–H groups in total. The van der Waals surface area contributed by atoms with Crippen molar-refractivity contribution in [1.29, 1.82) is 0 Å². The van der Waals surface area contributed by atoms with Crippen LogP contribution in [0.1, 0.15) is 17.8 Å². The molecule has 1 aliphatic rings. The number of amides is 1. The summed E-state index contributed by atoms with van der Waals surface area (Å²) in [4.78, 5) is 13.3. The Morgan fingerprint density at radius 1 is 1.07 bits per heavy atom. The van der Waals surface area contributed by atoms with Crippen molar-refractivity contribution in [3.8, 4) is 5.69 Å². The Kier molecular flexibility index (Phi) is 6.36. The summed E-state index contributed by atoms with van der Waals surface area (Å²) < 4.78 is 7.05. The number of nitrogens with zero attached hydrogens (tertiary/aromatic N) is 4. The van der Waals surface area contributed by atoms with Crippen molar-refractivity contribution in [3.05, 3.63) is 71.0 Å². The molecule has 0 radical (unpaired) electrons. The third-order valence-corrected chi connectivity index (χ3v) is 5.91. The first-order chi connectivity index (χ1) is 14.2. The molecule has 1 amide bonds. The van der Waals surface area contributed by atoms with E-state index < -0.39 is 0 Å². The Bertz CT molecular complexity index is 963. The quantitative estimate of drug-likeness (QED) is 0.392. The fraction of sp³-hybridized carbons (Fsp3) is 0.286. The number of thioether (sulfide) groups is 1. The molecular weight excluding hydrogens is 408 g/mol. The predicted molar refractivity (Wildman–Crippen MR) is 114 cm³/mol. The van der Waals surface area contributed by atoms with Gasteiger partial charge in [0, 0.05) is 29.4 Å². The van der Waals surface area contributed by atoms with Crippen LogP contribution in [0.5, 0.6) is 0 Å². The zero-order valence-corrected chi connectivity index (χ0v) is 17.4. The van der Waals surface area contributed by atoms with Gasteiger partial charge >= 0.3 is 6.09 Å². The summed E-state index contributed by atoms with van der Waals surface area (Å²) in [6.07, 6.45) is 1.34. The van der Waals surface area contributed by atoms with E-state index >= 15 is 0 Å². The Morgan fingerprint density at radius 3 is 2.59 bits per heavy atom. The summed E-state index contributed by atoms with van der Waals surface area (Å²) in [6.45, 7) is 1.85. The van der Waals surface area contributed by atoms with Crippen LogP contribution in [0.2, 0.25) is 5.02 Å². The van der Waals surface area contributed by atoms with Crippen LogP contribution in [0.25, 0.3) is 5.69 Å². The molecule has 150 valence electrons. The average Bonchev–Trinajstić information content (AvgIpc) is 3.33. The Morgan fingerprint density at radius 2 is 1.86 bits per heavy atom. The summed E-state index contributed by atoms with van der Waals surface area (Å²) in [5.74, 6) is 1.71. The minimum atomic E-state index is -0.218. The lowest BCUT2D eigenvalue weighted by Gasteiger charge is -2.13. The molecule has 0 bridgehead atoms. The number of aromatic nitrogens is 3. The van der Waals surface area contributed by atoms with E-state index in [9.17, 15) is 4.79 Å². The molecule has 0 atom stereocenters. The lowest BCUT2D eigenvalue weighted by Crippen LogP contribution is -2.25. The second-order valence-electron chi connectivity index (χ2n) is 6.68. The van der Waals surface area contributed by atoms with E-state index in [1.54, 1.807) is 16.7 Å². The maximum Gasteiger partial charge on any atom is 0.409 e. The lowest BCUT2D eigenvalue weighted by molar-refractivity contribution is 0.158. The maximum atomic E-state index is 11.5. The van der Waals surface area contributed by atoms with Gasteiger partial charge in [0.25, 0.3) is 0 Å². The number of cyclic esters (lactones) is 1. The van der Waals surface area contributed by atoms with Gasteiger partial charge in [0.1, 0.15) is 12.4 Å². The number of carbonyl (C=O) groups excluding carboxylic acids is 1. The van der Waals surface area contributed by atoms with Crippen LogP contribution < -0.4 is 0 Å². The summed E-state index contributed by atoms with van der Waals surface area (Å²) in [5.41, 5.74) is 2.16. The molecule has 0 unspecified atom stereocenters. The van der Waals surface area contributed by atoms with E-state index in [2.05, 4.69) is 26.9 Å². The Hall–Kier alpha value is -2.51. The first-order valence-corrected chi connectivity index (χ1v) is 10.9. The summed E-state index contributed by atoms with van der Waals surface area (Å²) >= 11 is 7.71. The second-order valence-corrected chi connectivity index (χ2v) is 8.17. The van der Waals surface area contributed by atoms with Gasteiger partial charge in [-0.25, -0.2) is 4.79 Å². The van der Waals surface area contributed by atoms with Gasteiger partial charge in [0.2, 0.25) is 0 Å². The highest BCUT2D eigenvalue weighted by Gasteiger charge is 2.21. The van der Waals surface area contributed by atoms with Crippen LogP contribution in [0.3, 0.4) is 0 Å². The van der Waals surface area contributed by atoms with Gasteiger partial charge < -0.3 is 9.64 Å². The molecular formula is C21H21ClN4O2S. The SMILES string of the molecule is O=C1OCCN1CCCSc1nnc(Cc2ccccc2)n1-c1ccc(Cl)cc1. The van der Waals surface area contributed by atoms with E-state index in [0.717, 1.165) is 28.8 Å². The van der Waals surface area contributed by atoms with Crippen molar-refractivity contribution in [2.45, 2.75) is 18.0 Å². The van der Waals surface area contributed by atoms with Gasteiger partial charge in [-0.2, -0.15) is 0 Å².